The van der Waals surface area contributed by atoms with E-state index < -0.39 is 0 Å². The minimum absolute atomic E-state index is 0.0354. The summed E-state index contributed by atoms with van der Waals surface area (Å²) in [5, 5.41) is 2.96. The fourth-order valence-corrected chi connectivity index (χ4v) is 2.68. The highest BCUT2D eigenvalue weighted by Crippen LogP contribution is 2.47. The van der Waals surface area contributed by atoms with Gasteiger partial charge in [0.1, 0.15) is 11.4 Å². The van der Waals surface area contributed by atoms with Crippen LogP contribution in [0.3, 0.4) is 0 Å². The van der Waals surface area contributed by atoms with Gasteiger partial charge in [-0.25, -0.2) is 4.98 Å². The Kier molecular flexibility index (Phi) is 2.77. The van der Waals surface area contributed by atoms with E-state index in [-0.39, 0.29) is 17.7 Å². The molecule has 1 saturated carbocycles. The van der Waals surface area contributed by atoms with E-state index in [0.717, 1.165) is 23.5 Å². The first kappa shape index (κ1) is 12.2. The van der Waals surface area contributed by atoms with Crippen molar-refractivity contribution in [3.63, 3.8) is 0 Å². The topological polar surface area (TPSA) is 59.5 Å². The summed E-state index contributed by atoms with van der Waals surface area (Å²) in [6.45, 7) is 0.460. The number of pyridine rings is 1. The lowest BCUT2D eigenvalue weighted by Gasteiger charge is -2.01. The lowest BCUT2D eigenvalue weighted by molar-refractivity contribution is -0.122. The molecule has 5 heteroatoms. The van der Waals surface area contributed by atoms with Crippen LogP contribution in [0.1, 0.15) is 23.8 Å². The first-order chi connectivity index (χ1) is 10.3. The monoisotopic (exact) mass is 281 g/mol. The van der Waals surface area contributed by atoms with Crippen molar-refractivity contribution < 1.29 is 9.21 Å². The molecule has 0 unspecified atom stereocenters. The first-order valence-electron chi connectivity index (χ1n) is 7.05. The molecule has 3 aromatic heterocycles. The Balaban J connectivity index is 1.38. The van der Waals surface area contributed by atoms with Crippen molar-refractivity contribution in [1.82, 2.24) is 14.7 Å². The summed E-state index contributed by atoms with van der Waals surface area (Å²) < 4.78 is 7.29. The van der Waals surface area contributed by atoms with Crippen LogP contribution in [0.4, 0.5) is 0 Å². The Morgan fingerprint density at radius 3 is 3.14 bits per heavy atom. The Bertz CT molecular complexity index is 743. The molecule has 0 saturated heterocycles. The summed E-state index contributed by atoms with van der Waals surface area (Å²) in [7, 11) is 0. The van der Waals surface area contributed by atoms with E-state index in [1.165, 1.54) is 0 Å². The normalized spacial score (nSPS) is 20.6. The third kappa shape index (κ3) is 2.31. The SMILES string of the molecule is O=C(NCc1cn2ccccc2n1)[C@@H]1C[C@@H]1c1ccco1. The van der Waals surface area contributed by atoms with Crippen molar-refractivity contribution in [2.75, 3.05) is 0 Å². The average molecular weight is 281 g/mol. The fraction of sp³-hybridized carbons (Fsp3) is 0.250. The van der Waals surface area contributed by atoms with Crippen LogP contribution in [0, 0.1) is 5.92 Å². The average Bonchev–Trinajstić information content (AvgIpc) is 2.96. The molecular weight excluding hydrogens is 266 g/mol. The standard InChI is InChI=1S/C16H15N3O2/c20-16(13-8-12(13)14-4-3-7-21-14)17-9-11-10-19-6-2-1-5-15(19)18-11/h1-7,10,12-13H,8-9H2,(H,17,20)/t12-,13+/m0/s1. The van der Waals surface area contributed by atoms with Crippen molar-refractivity contribution >= 4 is 11.6 Å². The van der Waals surface area contributed by atoms with Gasteiger partial charge in [-0.15, -0.1) is 0 Å². The second-order valence-corrected chi connectivity index (χ2v) is 5.38. The van der Waals surface area contributed by atoms with E-state index in [1.54, 1.807) is 6.26 Å². The highest BCUT2D eigenvalue weighted by atomic mass is 16.3. The lowest BCUT2D eigenvalue weighted by atomic mass is 10.2. The summed E-state index contributed by atoms with van der Waals surface area (Å²) in [6, 6.07) is 9.64. The molecule has 0 aliphatic heterocycles. The molecule has 3 heterocycles. The van der Waals surface area contributed by atoms with Gasteiger partial charge in [0.2, 0.25) is 5.91 Å². The predicted molar refractivity (Wildman–Crippen MR) is 76.6 cm³/mol. The van der Waals surface area contributed by atoms with Crippen LogP contribution in [0.25, 0.3) is 5.65 Å². The Morgan fingerprint density at radius 1 is 1.38 bits per heavy atom. The number of amides is 1. The van der Waals surface area contributed by atoms with Gasteiger partial charge in [-0.2, -0.15) is 0 Å². The second-order valence-electron chi connectivity index (χ2n) is 5.38. The van der Waals surface area contributed by atoms with Crippen LogP contribution < -0.4 is 5.32 Å². The number of rotatable bonds is 4. The number of aromatic nitrogens is 2. The number of nitrogens with one attached hydrogen (secondary N) is 1. The fourth-order valence-electron chi connectivity index (χ4n) is 2.68. The highest BCUT2D eigenvalue weighted by molar-refractivity contribution is 5.82. The maximum absolute atomic E-state index is 12.1. The maximum Gasteiger partial charge on any atom is 0.224 e. The number of nitrogens with zero attached hydrogens (tertiary/aromatic N) is 2. The van der Waals surface area contributed by atoms with Gasteiger partial charge in [0.05, 0.1) is 18.5 Å². The zero-order valence-corrected chi connectivity index (χ0v) is 11.4. The highest BCUT2D eigenvalue weighted by Gasteiger charge is 2.45. The van der Waals surface area contributed by atoms with Crippen molar-refractivity contribution in [2.24, 2.45) is 5.92 Å². The van der Waals surface area contributed by atoms with Crippen LogP contribution in [-0.4, -0.2) is 15.3 Å². The molecule has 1 N–H and O–H groups in total. The molecule has 3 aromatic rings. The quantitative estimate of drug-likeness (QED) is 0.798. The zero-order chi connectivity index (χ0) is 14.2. The second kappa shape index (κ2) is 4.77. The van der Waals surface area contributed by atoms with Gasteiger partial charge in [-0.3, -0.25) is 4.79 Å². The number of fused-ring (bicyclic) bond motifs is 1. The Labute approximate surface area is 121 Å². The summed E-state index contributed by atoms with van der Waals surface area (Å²) >= 11 is 0. The molecule has 2 atom stereocenters. The molecule has 5 nitrogen and oxygen atoms in total. The van der Waals surface area contributed by atoms with Crippen molar-refractivity contribution in [1.29, 1.82) is 0 Å². The van der Waals surface area contributed by atoms with E-state index in [1.807, 2.05) is 47.1 Å². The summed E-state index contributed by atoms with van der Waals surface area (Å²) in [5.74, 6) is 1.26. The van der Waals surface area contributed by atoms with Crippen molar-refractivity contribution in [3.05, 3.63) is 60.4 Å². The number of carbonyl (C=O) groups is 1. The third-order valence-electron chi connectivity index (χ3n) is 3.89. The van der Waals surface area contributed by atoms with Crippen LogP contribution in [0.2, 0.25) is 0 Å². The van der Waals surface area contributed by atoms with Gasteiger partial charge >= 0.3 is 0 Å². The molecule has 1 aliphatic carbocycles. The molecule has 1 aliphatic rings. The van der Waals surface area contributed by atoms with Gasteiger partial charge in [-0.05, 0) is 30.7 Å². The summed E-state index contributed by atoms with van der Waals surface area (Å²) in [5.41, 5.74) is 1.76. The maximum atomic E-state index is 12.1. The predicted octanol–water partition coefficient (Wildman–Crippen LogP) is 2.35. The van der Waals surface area contributed by atoms with Crippen LogP contribution in [0.5, 0.6) is 0 Å². The molecule has 0 aromatic carbocycles. The molecule has 0 radical (unpaired) electrons. The van der Waals surface area contributed by atoms with E-state index in [9.17, 15) is 4.79 Å². The minimum atomic E-state index is 0.0354. The van der Waals surface area contributed by atoms with Crippen LogP contribution in [0.15, 0.2) is 53.4 Å². The molecule has 1 fully saturated rings. The van der Waals surface area contributed by atoms with E-state index in [2.05, 4.69) is 10.3 Å². The molecule has 1 amide bonds. The van der Waals surface area contributed by atoms with Gasteiger partial charge in [0.25, 0.3) is 0 Å². The van der Waals surface area contributed by atoms with Crippen molar-refractivity contribution in [2.45, 2.75) is 18.9 Å². The molecule has 106 valence electrons. The number of hydrogen-bond acceptors (Lipinski definition) is 3. The number of hydrogen-bond donors (Lipinski definition) is 1. The minimum Gasteiger partial charge on any atom is -0.469 e. The number of imidazole rings is 1. The van der Waals surface area contributed by atoms with E-state index in [4.69, 9.17) is 4.42 Å². The first-order valence-corrected chi connectivity index (χ1v) is 7.05. The van der Waals surface area contributed by atoms with Crippen LogP contribution >= 0.6 is 0 Å². The third-order valence-corrected chi connectivity index (χ3v) is 3.89. The van der Waals surface area contributed by atoms with E-state index in [0.29, 0.717) is 6.54 Å². The largest absolute Gasteiger partial charge is 0.469 e. The van der Waals surface area contributed by atoms with E-state index >= 15 is 0 Å². The van der Waals surface area contributed by atoms with Gasteiger partial charge < -0.3 is 14.1 Å². The smallest absolute Gasteiger partial charge is 0.224 e. The molecular formula is C16H15N3O2. The van der Waals surface area contributed by atoms with Gasteiger partial charge in [-0.1, -0.05) is 6.07 Å². The van der Waals surface area contributed by atoms with Crippen molar-refractivity contribution in [3.8, 4) is 0 Å². The van der Waals surface area contributed by atoms with Gasteiger partial charge in [0.15, 0.2) is 0 Å². The summed E-state index contributed by atoms with van der Waals surface area (Å²) in [6.07, 6.45) is 6.40. The lowest BCUT2D eigenvalue weighted by Crippen LogP contribution is -2.25. The number of furan rings is 1. The molecule has 0 spiro atoms. The Hall–Kier alpha value is -2.56. The zero-order valence-electron chi connectivity index (χ0n) is 11.4. The Morgan fingerprint density at radius 2 is 2.33 bits per heavy atom. The molecule has 0 bridgehead atoms. The van der Waals surface area contributed by atoms with Crippen LogP contribution in [-0.2, 0) is 11.3 Å². The molecule has 21 heavy (non-hydrogen) atoms. The van der Waals surface area contributed by atoms with Gasteiger partial charge in [0, 0.05) is 24.2 Å². The number of carbonyl (C=O) groups excluding carboxylic acids is 1. The summed E-state index contributed by atoms with van der Waals surface area (Å²) in [4.78, 5) is 16.6. The molecule has 4 rings (SSSR count).